The van der Waals surface area contributed by atoms with Crippen LogP contribution in [0.1, 0.15) is 38.5 Å². The largest absolute Gasteiger partial charge is 0.353 e. The SMILES string of the molecule is O=C(C1CCCC1)N1CCN(c2ccnc(N3CCCC3)n2)CC1. The Labute approximate surface area is 143 Å². The molecule has 0 spiro atoms. The van der Waals surface area contributed by atoms with Gasteiger partial charge >= 0.3 is 0 Å². The highest BCUT2D eigenvalue weighted by atomic mass is 16.2. The number of hydrogen-bond donors (Lipinski definition) is 0. The molecule has 1 aliphatic carbocycles. The molecule has 3 heterocycles. The molecule has 4 rings (SSSR count). The van der Waals surface area contributed by atoms with Gasteiger partial charge in [-0.15, -0.1) is 0 Å². The Bertz CT molecular complexity index is 573. The average molecular weight is 329 g/mol. The minimum atomic E-state index is 0.289. The molecule has 130 valence electrons. The lowest BCUT2D eigenvalue weighted by Gasteiger charge is -2.36. The molecule has 1 aromatic heterocycles. The molecule has 3 aliphatic rings. The van der Waals surface area contributed by atoms with Gasteiger partial charge in [0.1, 0.15) is 5.82 Å². The summed E-state index contributed by atoms with van der Waals surface area (Å²) in [5.74, 6) is 2.53. The molecule has 0 aromatic carbocycles. The van der Waals surface area contributed by atoms with Gasteiger partial charge in [-0.2, -0.15) is 4.98 Å². The molecule has 0 N–H and O–H groups in total. The second kappa shape index (κ2) is 6.95. The van der Waals surface area contributed by atoms with Crippen molar-refractivity contribution in [3.63, 3.8) is 0 Å². The van der Waals surface area contributed by atoms with Crippen molar-refractivity contribution < 1.29 is 4.79 Å². The lowest BCUT2D eigenvalue weighted by molar-refractivity contribution is -0.135. The maximum Gasteiger partial charge on any atom is 0.227 e. The van der Waals surface area contributed by atoms with Crippen LogP contribution in [0.5, 0.6) is 0 Å². The van der Waals surface area contributed by atoms with Crippen LogP contribution >= 0.6 is 0 Å². The Balaban J connectivity index is 1.37. The molecule has 24 heavy (non-hydrogen) atoms. The van der Waals surface area contributed by atoms with Crippen LogP contribution in [0.4, 0.5) is 11.8 Å². The average Bonchev–Trinajstić information content (AvgIpc) is 3.35. The summed E-state index contributed by atoms with van der Waals surface area (Å²) < 4.78 is 0. The van der Waals surface area contributed by atoms with Crippen LogP contribution in [0.3, 0.4) is 0 Å². The summed E-state index contributed by atoms with van der Waals surface area (Å²) in [5.41, 5.74) is 0. The molecule has 1 saturated carbocycles. The number of carbonyl (C=O) groups excluding carboxylic acids is 1. The minimum Gasteiger partial charge on any atom is -0.353 e. The number of anilines is 2. The predicted molar refractivity (Wildman–Crippen MR) is 94.2 cm³/mol. The molecule has 6 nitrogen and oxygen atoms in total. The quantitative estimate of drug-likeness (QED) is 0.848. The van der Waals surface area contributed by atoms with Crippen molar-refractivity contribution in [2.24, 2.45) is 5.92 Å². The van der Waals surface area contributed by atoms with Gasteiger partial charge in [-0.25, -0.2) is 4.98 Å². The fourth-order valence-electron chi connectivity index (χ4n) is 4.17. The first kappa shape index (κ1) is 15.7. The highest BCUT2D eigenvalue weighted by Crippen LogP contribution is 2.27. The number of carbonyl (C=O) groups is 1. The Morgan fingerprint density at radius 1 is 0.917 bits per heavy atom. The lowest BCUT2D eigenvalue weighted by atomic mass is 10.1. The normalized spacial score (nSPS) is 22.4. The van der Waals surface area contributed by atoms with Gasteiger partial charge in [0.05, 0.1) is 0 Å². The Morgan fingerprint density at radius 2 is 1.62 bits per heavy atom. The van der Waals surface area contributed by atoms with Crippen LogP contribution in [-0.2, 0) is 4.79 Å². The van der Waals surface area contributed by atoms with Crippen molar-refractivity contribution >= 4 is 17.7 Å². The van der Waals surface area contributed by atoms with Gasteiger partial charge < -0.3 is 14.7 Å². The van der Waals surface area contributed by atoms with E-state index in [2.05, 4.69) is 19.7 Å². The topological polar surface area (TPSA) is 52.6 Å². The van der Waals surface area contributed by atoms with E-state index in [-0.39, 0.29) is 5.92 Å². The summed E-state index contributed by atoms with van der Waals surface area (Å²) in [6, 6.07) is 1.99. The van der Waals surface area contributed by atoms with Gasteiger partial charge in [0, 0.05) is 51.4 Å². The third-order valence-corrected chi connectivity index (χ3v) is 5.64. The van der Waals surface area contributed by atoms with Crippen molar-refractivity contribution in [1.29, 1.82) is 0 Å². The molecule has 2 aliphatic heterocycles. The first-order chi connectivity index (χ1) is 11.8. The first-order valence-electron chi connectivity index (χ1n) is 9.43. The monoisotopic (exact) mass is 329 g/mol. The number of piperazine rings is 1. The minimum absolute atomic E-state index is 0.289. The predicted octanol–water partition coefficient (Wildman–Crippen LogP) is 1.92. The van der Waals surface area contributed by atoms with Gasteiger partial charge in [-0.05, 0) is 31.7 Å². The van der Waals surface area contributed by atoms with Gasteiger partial charge in [0.2, 0.25) is 11.9 Å². The fourth-order valence-corrected chi connectivity index (χ4v) is 4.17. The zero-order chi connectivity index (χ0) is 16.4. The van der Waals surface area contributed by atoms with E-state index in [0.717, 1.165) is 63.9 Å². The molecule has 0 unspecified atom stereocenters. The molecule has 1 amide bonds. The van der Waals surface area contributed by atoms with Crippen LogP contribution in [-0.4, -0.2) is 60.0 Å². The molecular formula is C18H27N5O. The zero-order valence-electron chi connectivity index (χ0n) is 14.4. The van der Waals surface area contributed by atoms with E-state index >= 15 is 0 Å². The maximum atomic E-state index is 12.5. The van der Waals surface area contributed by atoms with Crippen molar-refractivity contribution in [2.45, 2.75) is 38.5 Å². The van der Waals surface area contributed by atoms with Gasteiger partial charge in [0.15, 0.2) is 0 Å². The molecule has 1 aromatic rings. The molecule has 3 fully saturated rings. The fraction of sp³-hybridized carbons (Fsp3) is 0.722. The number of nitrogens with zero attached hydrogens (tertiary/aromatic N) is 5. The summed E-state index contributed by atoms with van der Waals surface area (Å²) in [4.78, 5) is 28.4. The van der Waals surface area contributed by atoms with Crippen LogP contribution in [0.25, 0.3) is 0 Å². The molecule has 0 radical (unpaired) electrons. The second-order valence-electron chi connectivity index (χ2n) is 7.20. The smallest absolute Gasteiger partial charge is 0.227 e. The van der Waals surface area contributed by atoms with Crippen molar-refractivity contribution in [2.75, 3.05) is 49.1 Å². The summed E-state index contributed by atoms with van der Waals surface area (Å²) in [5, 5.41) is 0. The summed E-state index contributed by atoms with van der Waals surface area (Å²) in [6.07, 6.45) is 8.94. The Morgan fingerprint density at radius 3 is 2.33 bits per heavy atom. The highest BCUT2D eigenvalue weighted by molar-refractivity contribution is 5.79. The van der Waals surface area contributed by atoms with E-state index in [4.69, 9.17) is 4.98 Å². The van der Waals surface area contributed by atoms with Crippen LogP contribution in [0.2, 0.25) is 0 Å². The molecule has 0 atom stereocenters. The van der Waals surface area contributed by atoms with Gasteiger partial charge in [-0.3, -0.25) is 4.79 Å². The molecule has 6 heteroatoms. The lowest BCUT2D eigenvalue weighted by Crippen LogP contribution is -2.50. The third-order valence-electron chi connectivity index (χ3n) is 5.64. The summed E-state index contributed by atoms with van der Waals surface area (Å²) in [6.45, 7) is 5.50. The Hall–Kier alpha value is -1.85. The molecular weight excluding hydrogens is 302 g/mol. The van der Waals surface area contributed by atoms with E-state index in [1.54, 1.807) is 0 Å². The first-order valence-corrected chi connectivity index (χ1v) is 9.43. The van der Waals surface area contributed by atoms with Gasteiger partial charge in [-0.1, -0.05) is 12.8 Å². The van der Waals surface area contributed by atoms with E-state index < -0.39 is 0 Å². The van der Waals surface area contributed by atoms with E-state index in [9.17, 15) is 4.79 Å². The van der Waals surface area contributed by atoms with E-state index in [1.165, 1.54) is 25.7 Å². The van der Waals surface area contributed by atoms with Crippen LogP contribution in [0.15, 0.2) is 12.3 Å². The zero-order valence-corrected chi connectivity index (χ0v) is 14.4. The number of aromatic nitrogens is 2. The van der Waals surface area contributed by atoms with Gasteiger partial charge in [0.25, 0.3) is 0 Å². The van der Waals surface area contributed by atoms with Crippen molar-refractivity contribution in [3.8, 4) is 0 Å². The molecule has 2 saturated heterocycles. The van der Waals surface area contributed by atoms with E-state index in [1.807, 2.05) is 12.3 Å². The van der Waals surface area contributed by atoms with E-state index in [0.29, 0.717) is 5.91 Å². The summed E-state index contributed by atoms with van der Waals surface area (Å²) in [7, 11) is 0. The van der Waals surface area contributed by atoms with Crippen LogP contribution in [0, 0.1) is 5.92 Å². The highest BCUT2D eigenvalue weighted by Gasteiger charge is 2.29. The Kier molecular flexibility index (Phi) is 4.54. The standard InChI is InChI=1S/C18H27N5O/c24-17(15-5-1-2-6-15)22-13-11-21(12-14-22)16-7-8-19-18(20-16)23-9-3-4-10-23/h7-8,15H,1-6,9-14H2. The number of rotatable bonds is 3. The number of amides is 1. The second-order valence-corrected chi connectivity index (χ2v) is 7.20. The molecule has 0 bridgehead atoms. The summed E-state index contributed by atoms with van der Waals surface area (Å²) >= 11 is 0. The number of hydrogen-bond acceptors (Lipinski definition) is 5. The third kappa shape index (κ3) is 3.19. The van der Waals surface area contributed by atoms with Crippen molar-refractivity contribution in [3.05, 3.63) is 12.3 Å². The van der Waals surface area contributed by atoms with Crippen LogP contribution < -0.4 is 9.80 Å². The maximum absolute atomic E-state index is 12.5. The van der Waals surface area contributed by atoms with Crippen molar-refractivity contribution in [1.82, 2.24) is 14.9 Å².